The highest BCUT2D eigenvalue weighted by molar-refractivity contribution is 5.97. The number of nitrogens with zero attached hydrogens (tertiary/aromatic N) is 3. The molecule has 0 radical (unpaired) electrons. The van der Waals surface area contributed by atoms with Gasteiger partial charge < -0.3 is 20.4 Å². The quantitative estimate of drug-likeness (QED) is 0.353. The zero-order valence-corrected chi connectivity index (χ0v) is 28.3. The van der Waals surface area contributed by atoms with Gasteiger partial charge >= 0.3 is 0 Å². The molecular weight excluding hydrogens is 530 g/mol. The van der Waals surface area contributed by atoms with Crippen LogP contribution in [0, 0.1) is 11.3 Å². The van der Waals surface area contributed by atoms with Crippen LogP contribution in [-0.2, 0) is 19.2 Å². The van der Waals surface area contributed by atoms with E-state index in [2.05, 4.69) is 29.4 Å². The van der Waals surface area contributed by atoms with E-state index < -0.39 is 17.5 Å². The molecule has 0 aromatic rings. The van der Waals surface area contributed by atoms with E-state index in [0.29, 0.717) is 18.5 Å². The minimum atomic E-state index is -0.719. The molecule has 0 aromatic heterocycles. The van der Waals surface area contributed by atoms with Gasteiger partial charge in [0, 0.05) is 31.2 Å². The molecule has 4 amide bonds. The van der Waals surface area contributed by atoms with Crippen molar-refractivity contribution in [3.8, 4) is 0 Å². The maximum absolute atomic E-state index is 14.1. The number of amides is 4. The average molecular weight is 590 g/mol. The Balaban J connectivity index is 2.26. The number of carbonyl (C=O) groups excluding carboxylic acids is 4. The predicted molar refractivity (Wildman–Crippen MR) is 169 cm³/mol. The van der Waals surface area contributed by atoms with E-state index in [1.807, 2.05) is 54.5 Å². The van der Waals surface area contributed by atoms with Gasteiger partial charge in [0.25, 0.3) is 0 Å². The lowest BCUT2D eigenvalue weighted by atomic mass is 9.84. The van der Waals surface area contributed by atoms with Crippen molar-refractivity contribution in [2.45, 2.75) is 144 Å². The van der Waals surface area contributed by atoms with Crippen molar-refractivity contribution < 1.29 is 19.2 Å². The van der Waals surface area contributed by atoms with Gasteiger partial charge in [-0.15, -0.1) is 0 Å². The Labute approximate surface area is 255 Å². The summed E-state index contributed by atoms with van der Waals surface area (Å²) in [6.45, 7) is 21.3. The van der Waals surface area contributed by atoms with E-state index in [1.165, 1.54) is 0 Å². The van der Waals surface area contributed by atoms with Crippen LogP contribution < -0.4 is 10.6 Å². The monoisotopic (exact) mass is 589 g/mol. The summed E-state index contributed by atoms with van der Waals surface area (Å²) >= 11 is 0. The first kappa shape index (κ1) is 35.8. The molecule has 2 rings (SSSR count). The topological polar surface area (TPSA) is 102 Å². The number of piperidine rings is 1. The minimum Gasteiger partial charge on any atom is -0.352 e. The summed E-state index contributed by atoms with van der Waals surface area (Å²) in [5, 5.41) is 6.15. The maximum Gasteiger partial charge on any atom is 0.249 e. The molecule has 2 N–H and O–H groups in total. The van der Waals surface area contributed by atoms with Crippen LogP contribution in [0.25, 0.3) is 0 Å². The molecule has 1 unspecified atom stereocenters. The Morgan fingerprint density at radius 2 is 1.50 bits per heavy atom. The zero-order chi connectivity index (χ0) is 31.9. The summed E-state index contributed by atoms with van der Waals surface area (Å²) in [6, 6.07) is -1.49. The summed E-state index contributed by atoms with van der Waals surface area (Å²) < 4.78 is 0. The molecule has 2 fully saturated rings. The number of hydrogen-bond acceptors (Lipinski definition) is 5. The smallest absolute Gasteiger partial charge is 0.249 e. The van der Waals surface area contributed by atoms with E-state index in [1.54, 1.807) is 23.8 Å². The van der Waals surface area contributed by atoms with Gasteiger partial charge in [-0.3, -0.25) is 24.1 Å². The van der Waals surface area contributed by atoms with Crippen LogP contribution in [0.3, 0.4) is 0 Å². The van der Waals surface area contributed by atoms with Crippen molar-refractivity contribution in [1.29, 1.82) is 0 Å². The van der Waals surface area contributed by atoms with Gasteiger partial charge in [-0.05, 0) is 77.7 Å². The Morgan fingerprint density at radius 3 is 2.05 bits per heavy atom. The first-order valence-electron chi connectivity index (χ1n) is 16.1. The van der Waals surface area contributed by atoms with Crippen molar-refractivity contribution >= 4 is 23.6 Å². The lowest BCUT2D eigenvalue weighted by molar-refractivity contribution is -0.142. The van der Waals surface area contributed by atoms with Crippen LogP contribution in [0.2, 0.25) is 0 Å². The second-order valence-electron chi connectivity index (χ2n) is 14.2. The summed E-state index contributed by atoms with van der Waals surface area (Å²) in [5.74, 6) is -0.520. The molecule has 0 bridgehead atoms. The highest BCUT2D eigenvalue weighted by atomic mass is 16.2. The molecule has 2 aliphatic rings. The molecule has 0 spiro atoms. The fourth-order valence-corrected chi connectivity index (χ4v) is 6.12. The second kappa shape index (κ2) is 15.3. The maximum atomic E-state index is 14.1. The highest BCUT2D eigenvalue weighted by Crippen LogP contribution is 2.27. The fourth-order valence-electron chi connectivity index (χ4n) is 6.12. The van der Waals surface area contributed by atoms with Crippen LogP contribution >= 0.6 is 0 Å². The van der Waals surface area contributed by atoms with Crippen molar-refractivity contribution in [2.24, 2.45) is 11.3 Å². The fraction of sp³-hybridized carbons (Fsp3) is 0.818. The summed E-state index contributed by atoms with van der Waals surface area (Å²) in [4.78, 5) is 59.7. The first-order chi connectivity index (χ1) is 19.5. The Hall–Kier alpha value is -2.42. The standard InChI is InChI=1S/C33H59N5O4/c1-12-24(7)34-29(39)26-17-15-19-38(26)31(41)23(6)20-27(21(2)3)36(11)32(42)28(33(8,9)10)35-30(40)25-16-13-14-18-37(25)22(4)5/h20-22,24-28H,12-19H2,1-11H3,(H,34,39)(H,35,40)/t24-,25?,26+,27-,28-/m1/s1. The van der Waals surface area contributed by atoms with Gasteiger partial charge in [0.2, 0.25) is 23.6 Å². The Kier molecular flexibility index (Phi) is 13.1. The van der Waals surface area contributed by atoms with Gasteiger partial charge in [0.15, 0.2) is 0 Å². The predicted octanol–water partition coefficient (Wildman–Crippen LogP) is 4.12. The number of carbonyl (C=O) groups is 4. The van der Waals surface area contributed by atoms with Crippen molar-refractivity contribution in [3.05, 3.63) is 11.6 Å². The van der Waals surface area contributed by atoms with E-state index in [0.717, 1.165) is 38.6 Å². The van der Waals surface area contributed by atoms with Gasteiger partial charge in [-0.25, -0.2) is 0 Å². The van der Waals surface area contributed by atoms with Crippen molar-refractivity contribution in [1.82, 2.24) is 25.3 Å². The number of hydrogen-bond donors (Lipinski definition) is 2. The summed E-state index contributed by atoms with van der Waals surface area (Å²) in [5.41, 5.74) is 0.00271. The molecule has 9 heteroatoms. The van der Waals surface area contributed by atoms with E-state index >= 15 is 0 Å². The lowest BCUT2D eigenvalue weighted by Gasteiger charge is -2.41. The van der Waals surface area contributed by atoms with Crippen LogP contribution in [0.5, 0.6) is 0 Å². The van der Waals surface area contributed by atoms with Crippen LogP contribution in [0.1, 0.15) is 108 Å². The molecule has 0 aliphatic carbocycles. The number of nitrogens with one attached hydrogen (secondary N) is 2. The molecule has 2 saturated heterocycles. The van der Waals surface area contributed by atoms with Gasteiger partial charge in [-0.2, -0.15) is 0 Å². The van der Waals surface area contributed by atoms with E-state index in [4.69, 9.17) is 0 Å². The third-order valence-electron chi connectivity index (χ3n) is 8.96. The number of likely N-dealkylation sites (tertiary alicyclic amines) is 2. The normalized spacial score (nSPS) is 22.6. The molecule has 240 valence electrons. The van der Waals surface area contributed by atoms with Crippen LogP contribution in [-0.4, -0.2) is 94.7 Å². The largest absolute Gasteiger partial charge is 0.352 e. The highest BCUT2D eigenvalue weighted by Gasteiger charge is 2.40. The van der Waals surface area contributed by atoms with E-state index in [9.17, 15) is 19.2 Å². The van der Waals surface area contributed by atoms with Crippen molar-refractivity contribution in [2.75, 3.05) is 20.1 Å². The molecule has 5 atom stereocenters. The molecule has 0 aromatic carbocycles. The molecule has 2 heterocycles. The molecule has 42 heavy (non-hydrogen) atoms. The van der Waals surface area contributed by atoms with Gasteiger partial charge in [0.1, 0.15) is 12.1 Å². The van der Waals surface area contributed by atoms with Crippen molar-refractivity contribution in [3.63, 3.8) is 0 Å². The van der Waals surface area contributed by atoms with Crippen LogP contribution in [0.4, 0.5) is 0 Å². The Morgan fingerprint density at radius 1 is 0.905 bits per heavy atom. The minimum absolute atomic E-state index is 0.0240. The number of likely N-dealkylation sites (N-methyl/N-ethyl adjacent to an activating group) is 1. The molecule has 2 aliphatic heterocycles. The SMILES string of the molecule is CC[C@@H](C)NC(=O)[C@@H]1CCCN1C(=O)C(C)=C[C@H](C(C)C)N(C)C(=O)[C@@H](NC(=O)C1CCCCN1C(C)C)C(C)(C)C. The van der Waals surface area contributed by atoms with E-state index in [-0.39, 0.29) is 53.7 Å². The third-order valence-corrected chi connectivity index (χ3v) is 8.96. The Bertz CT molecular complexity index is 985. The number of rotatable bonds is 11. The molecule has 0 saturated carbocycles. The van der Waals surface area contributed by atoms with Crippen LogP contribution in [0.15, 0.2) is 11.6 Å². The summed E-state index contributed by atoms with van der Waals surface area (Å²) in [6.07, 6.45) is 6.98. The van der Waals surface area contributed by atoms with Gasteiger partial charge in [-0.1, -0.05) is 54.0 Å². The average Bonchev–Trinajstić information content (AvgIpc) is 3.42. The lowest BCUT2D eigenvalue weighted by Crippen LogP contribution is -2.60. The zero-order valence-electron chi connectivity index (χ0n) is 28.3. The second-order valence-corrected chi connectivity index (χ2v) is 14.2. The molecule has 9 nitrogen and oxygen atoms in total. The third kappa shape index (κ3) is 9.04. The molecular formula is C33H59N5O4. The van der Waals surface area contributed by atoms with Gasteiger partial charge in [0.05, 0.1) is 12.1 Å². The summed E-state index contributed by atoms with van der Waals surface area (Å²) in [7, 11) is 1.76. The first-order valence-corrected chi connectivity index (χ1v) is 16.1.